The van der Waals surface area contributed by atoms with Gasteiger partial charge in [-0.3, -0.25) is 4.90 Å². The van der Waals surface area contributed by atoms with Crippen molar-refractivity contribution in [3.63, 3.8) is 0 Å². The van der Waals surface area contributed by atoms with Crippen molar-refractivity contribution in [3.8, 4) is 0 Å². The number of carbonyl (C=O) groups is 1. The Hall–Kier alpha value is -0.870. The van der Waals surface area contributed by atoms with E-state index in [2.05, 4.69) is 9.80 Å². The summed E-state index contributed by atoms with van der Waals surface area (Å²) in [5, 5.41) is 8.83. The standard InChI is InChI=1S/C15H26N2O2/c1-13(15(18)19)5-10-16-11-6-14(7-12-16)17-8-3-2-4-9-17/h5,14H,2-4,6-12H2,1H3,(H,18,19). The fourth-order valence-corrected chi connectivity index (χ4v) is 3.10. The summed E-state index contributed by atoms with van der Waals surface area (Å²) in [6.45, 7) is 7.22. The van der Waals surface area contributed by atoms with Gasteiger partial charge in [0, 0.05) is 18.2 Å². The smallest absolute Gasteiger partial charge is 0.330 e. The highest BCUT2D eigenvalue weighted by Crippen LogP contribution is 2.20. The Bertz CT molecular complexity index is 327. The van der Waals surface area contributed by atoms with Crippen molar-refractivity contribution in [2.24, 2.45) is 0 Å². The van der Waals surface area contributed by atoms with Crippen molar-refractivity contribution in [2.75, 3.05) is 32.7 Å². The second-order valence-electron chi connectivity index (χ2n) is 5.82. The normalized spacial score (nSPS) is 24.6. The number of piperidine rings is 2. The van der Waals surface area contributed by atoms with Gasteiger partial charge in [-0.2, -0.15) is 0 Å². The Kier molecular flexibility index (Phi) is 5.40. The van der Waals surface area contributed by atoms with Crippen LogP contribution in [-0.4, -0.2) is 59.6 Å². The number of rotatable bonds is 4. The number of carboxylic acid groups (broad SMARTS) is 1. The van der Waals surface area contributed by atoms with E-state index in [0.29, 0.717) is 5.57 Å². The highest BCUT2D eigenvalue weighted by atomic mass is 16.4. The van der Waals surface area contributed by atoms with Gasteiger partial charge in [0.15, 0.2) is 0 Å². The minimum atomic E-state index is -0.803. The second kappa shape index (κ2) is 7.06. The van der Waals surface area contributed by atoms with Crippen LogP contribution in [0, 0.1) is 0 Å². The highest BCUT2D eigenvalue weighted by molar-refractivity contribution is 5.85. The van der Waals surface area contributed by atoms with Gasteiger partial charge < -0.3 is 10.0 Å². The summed E-state index contributed by atoms with van der Waals surface area (Å²) in [4.78, 5) is 15.8. The summed E-state index contributed by atoms with van der Waals surface area (Å²) in [5.41, 5.74) is 0.457. The zero-order valence-corrected chi connectivity index (χ0v) is 12.0. The maximum atomic E-state index is 10.7. The van der Waals surface area contributed by atoms with E-state index in [0.717, 1.165) is 25.7 Å². The van der Waals surface area contributed by atoms with Crippen LogP contribution in [-0.2, 0) is 4.79 Å². The summed E-state index contributed by atoms with van der Waals surface area (Å²) in [5.74, 6) is -0.803. The van der Waals surface area contributed by atoms with E-state index in [-0.39, 0.29) is 0 Å². The molecule has 1 N–H and O–H groups in total. The van der Waals surface area contributed by atoms with Gasteiger partial charge in [0.05, 0.1) is 0 Å². The van der Waals surface area contributed by atoms with E-state index < -0.39 is 5.97 Å². The zero-order valence-electron chi connectivity index (χ0n) is 12.0. The summed E-state index contributed by atoms with van der Waals surface area (Å²) in [7, 11) is 0. The molecule has 0 saturated carbocycles. The summed E-state index contributed by atoms with van der Waals surface area (Å²) in [6, 6.07) is 0.765. The van der Waals surface area contributed by atoms with Gasteiger partial charge in [0.1, 0.15) is 0 Å². The SMILES string of the molecule is CC(=CCN1CCC(N2CCCCC2)CC1)C(=O)O. The third-order valence-corrected chi connectivity index (χ3v) is 4.46. The lowest BCUT2D eigenvalue weighted by atomic mass is 10.00. The van der Waals surface area contributed by atoms with Crippen LogP contribution < -0.4 is 0 Å². The third kappa shape index (κ3) is 4.32. The van der Waals surface area contributed by atoms with E-state index in [9.17, 15) is 4.79 Å². The van der Waals surface area contributed by atoms with Crippen LogP contribution in [0.5, 0.6) is 0 Å². The Labute approximate surface area is 116 Å². The molecule has 2 rings (SSSR count). The molecule has 0 radical (unpaired) electrons. The average Bonchev–Trinajstić information content (AvgIpc) is 2.46. The molecule has 108 valence electrons. The molecule has 4 nitrogen and oxygen atoms in total. The average molecular weight is 266 g/mol. The molecule has 0 unspecified atom stereocenters. The zero-order chi connectivity index (χ0) is 13.7. The van der Waals surface area contributed by atoms with Crippen molar-refractivity contribution in [1.29, 1.82) is 0 Å². The number of hydrogen-bond donors (Lipinski definition) is 1. The lowest BCUT2D eigenvalue weighted by Crippen LogP contribution is -2.46. The molecule has 0 aromatic rings. The maximum absolute atomic E-state index is 10.7. The van der Waals surface area contributed by atoms with Crippen molar-refractivity contribution in [1.82, 2.24) is 9.80 Å². The fourth-order valence-electron chi connectivity index (χ4n) is 3.10. The van der Waals surface area contributed by atoms with E-state index >= 15 is 0 Å². The van der Waals surface area contributed by atoms with E-state index in [4.69, 9.17) is 5.11 Å². The first-order valence-electron chi connectivity index (χ1n) is 7.53. The Morgan fingerprint density at radius 3 is 2.37 bits per heavy atom. The molecule has 0 aromatic carbocycles. The molecule has 0 amide bonds. The molecule has 2 aliphatic rings. The molecule has 4 heteroatoms. The van der Waals surface area contributed by atoms with Gasteiger partial charge in [0.25, 0.3) is 0 Å². The van der Waals surface area contributed by atoms with Gasteiger partial charge in [-0.1, -0.05) is 12.5 Å². The van der Waals surface area contributed by atoms with Gasteiger partial charge in [-0.05, 0) is 58.8 Å². The Morgan fingerprint density at radius 2 is 1.79 bits per heavy atom. The quantitative estimate of drug-likeness (QED) is 0.790. The van der Waals surface area contributed by atoms with E-state index in [1.165, 1.54) is 45.2 Å². The number of likely N-dealkylation sites (tertiary alicyclic amines) is 2. The molecule has 0 aromatic heterocycles. The molecule has 2 heterocycles. The second-order valence-corrected chi connectivity index (χ2v) is 5.82. The maximum Gasteiger partial charge on any atom is 0.330 e. The molecule has 0 bridgehead atoms. The van der Waals surface area contributed by atoms with Gasteiger partial charge in [0.2, 0.25) is 0 Å². The van der Waals surface area contributed by atoms with Gasteiger partial charge >= 0.3 is 5.97 Å². The van der Waals surface area contributed by atoms with E-state index in [1.54, 1.807) is 6.92 Å². The largest absolute Gasteiger partial charge is 0.478 e. The molecule has 19 heavy (non-hydrogen) atoms. The van der Waals surface area contributed by atoms with Crippen LogP contribution >= 0.6 is 0 Å². The van der Waals surface area contributed by atoms with Crippen LogP contribution in [0.2, 0.25) is 0 Å². The van der Waals surface area contributed by atoms with Crippen LogP contribution in [0.25, 0.3) is 0 Å². The molecule has 2 aliphatic heterocycles. The molecule has 2 fully saturated rings. The number of nitrogens with zero attached hydrogens (tertiary/aromatic N) is 2. The van der Waals surface area contributed by atoms with Gasteiger partial charge in [-0.25, -0.2) is 4.79 Å². The van der Waals surface area contributed by atoms with Crippen LogP contribution in [0.4, 0.5) is 0 Å². The topological polar surface area (TPSA) is 43.8 Å². The predicted molar refractivity (Wildman–Crippen MR) is 76.3 cm³/mol. The highest BCUT2D eigenvalue weighted by Gasteiger charge is 2.24. The summed E-state index contributed by atoms with van der Waals surface area (Å²) in [6.07, 6.45) is 8.43. The number of hydrogen-bond acceptors (Lipinski definition) is 3. The first-order valence-corrected chi connectivity index (χ1v) is 7.53. The number of carboxylic acids is 1. The predicted octanol–water partition coefficient (Wildman–Crippen LogP) is 1.97. The van der Waals surface area contributed by atoms with Crippen molar-refractivity contribution < 1.29 is 9.90 Å². The molecular formula is C15H26N2O2. The monoisotopic (exact) mass is 266 g/mol. The molecule has 2 saturated heterocycles. The molecular weight excluding hydrogens is 240 g/mol. The van der Waals surface area contributed by atoms with Crippen molar-refractivity contribution >= 4 is 5.97 Å². The van der Waals surface area contributed by atoms with Crippen LogP contribution in [0.15, 0.2) is 11.6 Å². The first kappa shape index (κ1) is 14.5. The third-order valence-electron chi connectivity index (χ3n) is 4.46. The summed E-state index contributed by atoms with van der Waals surface area (Å²) < 4.78 is 0. The summed E-state index contributed by atoms with van der Waals surface area (Å²) >= 11 is 0. The van der Waals surface area contributed by atoms with E-state index in [1.807, 2.05) is 6.08 Å². The molecule has 0 atom stereocenters. The Morgan fingerprint density at radius 1 is 1.16 bits per heavy atom. The minimum absolute atomic E-state index is 0.457. The minimum Gasteiger partial charge on any atom is -0.478 e. The van der Waals surface area contributed by atoms with Crippen molar-refractivity contribution in [3.05, 3.63) is 11.6 Å². The first-order chi connectivity index (χ1) is 9.16. The Balaban J connectivity index is 1.73. The molecule has 0 aliphatic carbocycles. The fraction of sp³-hybridized carbons (Fsp3) is 0.800. The van der Waals surface area contributed by atoms with Crippen molar-refractivity contribution in [2.45, 2.75) is 45.1 Å². The lowest BCUT2D eigenvalue weighted by Gasteiger charge is -2.40. The van der Waals surface area contributed by atoms with Crippen LogP contribution in [0.3, 0.4) is 0 Å². The van der Waals surface area contributed by atoms with Gasteiger partial charge in [-0.15, -0.1) is 0 Å². The molecule has 0 spiro atoms. The van der Waals surface area contributed by atoms with Crippen LogP contribution in [0.1, 0.15) is 39.0 Å². The lowest BCUT2D eigenvalue weighted by molar-refractivity contribution is -0.132. The number of aliphatic carboxylic acids is 1.